The molecule has 3 rings (SSSR count). The number of rotatable bonds is 3. The van der Waals surface area contributed by atoms with Crippen molar-refractivity contribution in [3.05, 3.63) is 47.1 Å². The van der Waals surface area contributed by atoms with Gasteiger partial charge in [0.15, 0.2) is 0 Å². The molecule has 0 saturated heterocycles. The molecule has 1 heterocycles. The molecule has 1 atom stereocenters. The lowest BCUT2D eigenvalue weighted by Crippen LogP contribution is -2.34. The molecule has 0 saturated carbocycles. The van der Waals surface area contributed by atoms with Gasteiger partial charge in [-0.05, 0) is 43.0 Å². The highest BCUT2D eigenvalue weighted by molar-refractivity contribution is 6.31. The van der Waals surface area contributed by atoms with E-state index in [0.717, 1.165) is 35.2 Å². The van der Waals surface area contributed by atoms with Crippen molar-refractivity contribution in [3.8, 4) is 0 Å². The van der Waals surface area contributed by atoms with Crippen LogP contribution in [0, 0.1) is 5.92 Å². The largest absolute Gasteiger partial charge is 0.358 e. The van der Waals surface area contributed by atoms with Crippen LogP contribution in [-0.4, -0.2) is 17.4 Å². The lowest BCUT2D eigenvalue weighted by molar-refractivity contribution is -0.125. The Bertz CT molecular complexity index is 674. The third kappa shape index (κ3) is 2.34. The molecule has 1 aromatic carbocycles. The van der Waals surface area contributed by atoms with Gasteiger partial charge in [-0.1, -0.05) is 17.7 Å². The van der Waals surface area contributed by atoms with Crippen LogP contribution in [0.2, 0.25) is 5.02 Å². The van der Waals surface area contributed by atoms with Crippen LogP contribution in [-0.2, 0) is 17.6 Å². The van der Waals surface area contributed by atoms with Gasteiger partial charge in [0.2, 0.25) is 5.91 Å². The SMILES string of the molecule is C=CCNC(=O)C1CCc2[nH]c3ccc(Cl)cc3c2C1. The van der Waals surface area contributed by atoms with Crippen LogP contribution in [0.4, 0.5) is 0 Å². The normalized spacial score (nSPS) is 17.8. The summed E-state index contributed by atoms with van der Waals surface area (Å²) in [6, 6.07) is 5.87. The van der Waals surface area contributed by atoms with E-state index in [1.807, 2.05) is 18.2 Å². The maximum absolute atomic E-state index is 12.1. The maximum Gasteiger partial charge on any atom is 0.223 e. The number of carbonyl (C=O) groups excluding carboxylic acids is 1. The fraction of sp³-hybridized carbons (Fsp3) is 0.312. The van der Waals surface area contributed by atoms with Crippen molar-refractivity contribution in [3.63, 3.8) is 0 Å². The summed E-state index contributed by atoms with van der Waals surface area (Å²) in [5.41, 5.74) is 3.59. The third-order valence-electron chi connectivity index (χ3n) is 3.94. The zero-order valence-corrected chi connectivity index (χ0v) is 12.0. The molecular weight excluding hydrogens is 272 g/mol. The number of aryl methyl sites for hydroxylation is 1. The lowest BCUT2D eigenvalue weighted by atomic mass is 9.86. The first-order valence-corrected chi connectivity index (χ1v) is 7.24. The van der Waals surface area contributed by atoms with Gasteiger partial charge in [0.1, 0.15) is 0 Å². The summed E-state index contributed by atoms with van der Waals surface area (Å²) >= 11 is 6.08. The van der Waals surface area contributed by atoms with E-state index < -0.39 is 0 Å². The molecule has 0 spiro atoms. The highest BCUT2D eigenvalue weighted by Gasteiger charge is 2.27. The Balaban J connectivity index is 1.89. The smallest absolute Gasteiger partial charge is 0.223 e. The molecule has 2 N–H and O–H groups in total. The second-order valence-electron chi connectivity index (χ2n) is 5.25. The average molecular weight is 289 g/mol. The molecule has 0 bridgehead atoms. The van der Waals surface area contributed by atoms with Crippen LogP contribution in [0.3, 0.4) is 0 Å². The van der Waals surface area contributed by atoms with Crippen molar-refractivity contribution >= 4 is 28.4 Å². The van der Waals surface area contributed by atoms with Crippen LogP contribution in [0.1, 0.15) is 17.7 Å². The number of halogens is 1. The molecule has 1 unspecified atom stereocenters. The Labute approximate surface area is 123 Å². The van der Waals surface area contributed by atoms with Crippen molar-refractivity contribution in [1.82, 2.24) is 10.3 Å². The van der Waals surface area contributed by atoms with Gasteiger partial charge in [0.25, 0.3) is 0 Å². The number of H-pyrrole nitrogens is 1. The van der Waals surface area contributed by atoms with Crippen LogP contribution in [0.15, 0.2) is 30.9 Å². The van der Waals surface area contributed by atoms with E-state index in [-0.39, 0.29) is 11.8 Å². The fourth-order valence-electron chi connectivity index (χ4n) is 2.93. The number of amides is 1. The Morgan fingerprint density at radius 2 is 2.40 bits per heavy atom. The number of benzene rings is 1. The summed E-state index contributed by atoms with van der Waals surface area (Å²) in [4.78, 5) is 15.5. The van der Waals surface area contributed by atoms with Crippen molar-refractivity contribution in [1.29, 1.82) is 0 Å². The van der Waals surface area contributed by atoms with Gasteiger partial charge >= 0.3 is 0 Å². The summed E-state index contributed by atoms with van der Waals surface area (Å²) < 4.78 is 0. The Morgan fingerprint density at radius 3 is 3.20 bits per heavy atom. The Hall–Kier alpha value is -1.74. The molecule has 0 fully saturated rings. The minimum atomic E-state index is 0.0421. The van der Waals surface area contributed by atoms with Gasteiger partial charge in [-0.2, -0.15) is 0 Å². The van der Waals surface area contributed by atoms with Gasteiger partial charge in [0.05, 0.1) is 0 Å². The lowest BCUT2D eigenvalue weighted by Gasteiger charge is -2.21. The molecule has 0 aliphatic heterocycles. The average Bonchev–Trinajstić information content (AvgIpc) is 2.82. The van der Waals surface area contributed by atoms with E-state index in [1.165, 1.54) is 11.3 Å². The molecule has 2 aromatic rings. The Morgan fingerprint density at radius 1 is 1.55 bits per heavy atom. The first-order chi connectivity index (χ1) is 9.69. The second-order valence-corrected chi connectivity index (χ2v) is 5.68. The van der Waals surface area contributed by atoms with E-state index in [0.29, 0.717) is 6.54 Å². The molecule has 104 valence electrons. The molecule has 20 heavy (non-hydrogen) atoms. The summed E-state index contributed by atoms with van der Waals surface area (Å²) in [5.74, 6) is 0.160. The van der Waals surface area contributed by atoms with Crippen molar-refractivity contribution < 1.29 is 4.79 Å². The summed E-state index contributed by atoms with van der Waals surface area (Å²) in [6.45, 7) is 4.15. The number of aromatic amines is 1. The molecule has 1 amide bonds. The summed E-state index contributed by atoms with van der Waals surface area (Å²) in [5, 5.41) is 4.77. The van der Waals surface area contributed by atoms with Crippen LogP contribution < -0.4 is 5.32 Å². The predicted octanol–water partition coefficient (Wildman–Crippen LogP) is 3.23. The van der Waals surface area contributed by atoms with Crippen LogP contribution in [0.5, 0.6) is 0 Å². The minimum absolute atomic E-state index is 0.0421. The molecule has 1 aliphatic carbocycles. The molecule has 1 aliphatic rings. The van der Waals surface area contributed by atoms with Gasteiger partial charge in [-0.25, -0.2) is 0 Å². The molecule has 4 heteroatoms. The number of carbonyl (C=O) groups is 1. The van der Waals surface area contributed by atoms with E-state index in [2.05, 4.69) is 16.9 Å². The van der Waals surface area contributed by atoms with Gasteiger partial charge in [-0.3, -0.25) is 4.79 Å². The highest BCUT2D eigenvalue weighted by Crippen LogP contribution is 2.33. The first-order valence-electron chi connectivity index (χ1n) is 6.86. The molecule has 0 radical (unpaired) electrons. The molecular formula is C16H17ClN2O. The summed E-state index contributed by atoms with van der Waals surface area (Å²) in [7, 11) is 0. The van der Waals surface area contributed by atoms with Crippen molar-refractivity contribution in [2.45, 2.75) is 19.3 Å². The highest BCUT2D eigenvalue weighted by atomic mass is 35.5. The van der Waals surface area contributed by atoms with Crippen molar-refractivity contribution in [2.24, 2.45) is 5.92 Å². The van der Waals surface area contributed by atoms with Gasteiger partial charge < -0.3 is 10.3 Å². The number of fused-ring (bicyclic) bond motifs is 3. The first kappa shape index (κ1) is 13.3. The predicted molar refractivity (Wildman–Crippen MR) is 82.0 cm³/mol. The van der Waals surface area contributed by atoms with Gasteiger partial charge in [-0.15, -0.1) is 6.58 Å². The number of aromatic nitrogens is 1. The maximum atomic E-state index is 12.1. The third-order valence-corrected chi connectivity index (χ3v) is 4.18. The number of hydrogen-bond donors (Lipinski definition) is 2. The van der Waals surface area contributed by atoms with E-state index in [1.54, 1.807) is 6.08 Å². The molecule has 3 nitrogen and oxygen atoms in total. The van der Waals surface area contributed by atoms with Crippen molar-refractivity contribution in [2.75, 3.05) is 6.54 Å². The van der Waals surface area contributed by atoms with E-state index in [4.69, 9.17) is 11.6 Å². The van der Waals surface area contributed by atoms with Gasteiger partial charge in [0, 0.05) is 34.1 Å². The zero-order valence-electron chi connectivity index (χ0n) is 11.2. The van der Waals surface area contributed by atoms with Crippen LogP contribution >= 0.6 is 11.6 Å². The quantitative estimate of drug-likeness (QED) is 0.837. The number of nitrogens with one attached hydrogen (secondary N) is 2. The topological polar surface area (TPSA) is 44.9 Å². The number of hydrogen-bond acceptors (Lipinski definition) is 1. The minimum Gasteiger partial charge on any atom is -0.358 e. The van der Waals surface area contributed by atoms with Crippen LogP contribution in [0.25, 0.3) is 10.9 Å². The van der Waals surface area contributed by atoms with E-state index >= 15 is 0 Å². The standard InChI is InChI=1S/C16H17ClN2O/c1-2-7-18-16(20)10-3-5-14-12(8-10)13-9-11(17)4-6-15(13)19-14/h2,4,6,9-10,19H,1,3,5,7-8H2,(H,18,20). The second kappa shape index (κ2) is 5.33. The van der Waals surface area contributed by atoms with E-state index in [9.17, 15) is 4.79 Å². The fourth-order valence-corrected chi connectivity index (χ4v) is 3.10. The molecule has 1 aromatic heterocycles. The summed E-state index contributed by atoms with van der Waals surface area (Å²) in [6.07, 6.45) is 4.28. The monoisotopic (exact) mass is 288 g/mol. The Kier molecular flexibility index (Phi) is 3.53. The zero-order chi connectivity index (χ0) is 14.1.